The van der Waals surface area contributed by atoms with Gasteiger partial charge in [0.2, 0.25) is 0 Å². The standard InChI is InChI=1S/C15H16OS.BF4/c1-12-4-2-3-5-13(12)10-11-17-15-8-6-14(16)7-9-15;2-1(3,4)5/h2-9,16H,10-11H2,1H3;/q;-1/p+1. The van der Waals surface area contributed by atoms with Gasteiger partial charge in [0.25, 0.3) is 0 Å². The summed E-state index contributed by atoms with van der Waals surface area (Å²) in [4.78, 5) is 1.26. The van der Waals surface area contributed by atoms with Gasteiger partial charge < -0.3 is 22.4 Å². The minimum atomic E-state index is -6.00. The number of phenols is 1. The van der Waals surface area contributed by atoms with E-state index in [4.69, 9.17) is 0 Å². The molecule has 0 saturated heterocycles. The Labute approximate surface area is 131 Å². The second kappa shape index (κ2) is 8.73. The minimum absolute atomic E-state index is 0.336. The van der Waals surface area contributed by atoms with Gasteiger partial charge in [-0.15, -0.1) is 0 Å². The van der Waals surface area contributed by atoms with E-state index in [0.29, 0.717) is 5.75 Å². The van der Waals surface area contributed by atoms with Crippen molar-refractivity contribution in [3.63, 3.8) is 0 Å². The van der Waals surface area contributed by atoms with Crippen molar-refractivity contribution in [1.82, 2.24) is 0 Å². The third kappa shape index (κ3) is 8.62. The Balaban J connectivity index is 0.000000422. The Morgan fingerprint density at radius 2 is 1.50 bits per heavy atom. The van der Waals surface area contributed by atoms with Crippen LogP contribution in [-0.4, -0.2) is 18.1 Å². The van der Waals surface area contributed by atoms with E-state index in [1.165, 1.54) is 27.8 Å². The summed E-state index contributed by atoms with van der Waals surface area (Å²) < 4.78 is 39.0. The molecule has 2 aromatic carbocycles. The Hall–Kier alpha value is -1.63. The van der Waals surface area contributed by atoms with Crippen LogP contribution in [0.2, 0.25) is 0 Å². The van der Waals surface area contributed by atoms with Crippen molar-refractivity contribution in [2.75, 3.05) is 5.75 Å². The molecule has 22 heavy (non-hydrogen) atoms. The average Bonchev–Trinajstić information content (AvgIpc) is 2.41. The van der Waals surface area contributed by atoms with Crippen LogP contribution >= 0.6 is 0 Å². The normalized spacial score (nSPS) is 10.8. The first-order valence-electron chi connectivity index (χ1n) is 6.64. The molecule has 120 valence electrons. The maximum atomic E-state index is 9.75. The average molecular weight is 332 g/mol. The van der Waals surface area contributed by atoms with Crippen molar-refractivity contribution in [3.8, 4) is 5.75 Å². The number of phenolic OH excluding ortho intramolecular Hbond substituents is 1. The topological polar surface area (TPSA) is 20.2 Å². The monoisotopic (exact) mass is 332 g/mol. The number of rotatable bonds is 4. The van der Waals surface area contributed by atoms with E-state index in [1.807, 2.05) is 12.1 Å². The number of hydrogen-bond donors (Lipinski definition) is 1. The highest BCUT2D eigenvalue weighted by atomic mass is 32.2. The summed E-state index contributed by atoms with van der Waals surface area (Å²) in [6.07, 6.45) is 1.11. The van der Waals surface area contributed by atoms with Crippen LogP contribution in [0.15, 0.2) is 53.4 Å². The van der Waals surface area contributed by atoms with Crippen LogP contribution in [-0.2, 0) is 18.2 Å². The molecule has 0 heterocycles. The maximum absolute atomic E-state index is 9.75. The molecular formula is C15H17BF4OS. The fourth-order valence-corrected chi connectivity index (χ4v) is 2.72. The number of hydrogen-bond acceptors (Lipinski definition) is 1. The molecule has 0 spiro atoms. The maximum Gasteiger partial charge on any atom is 0.673 e. The number of aryl methyl sites for hydroxylation is 2. The zero-order valence-corrected chi connectivity index (χ0v) is 12.9. The van der Waals surface area contributed by atoms with Crippen LogP contribution in [0, 0.1) is 6.92 Å². The number of halogens is 4. The number of aromatic hydroxyl groups is 1. The fraction of sp³-hybridized carbons (Fsp3) is 0.200. The number of thiol groups is 1. The molecule has 0 atom stereocenters. The Kier molecular flexibility index (Phi) is 7.31. The molecule has 0 amide bonds. The van der Waals surface area contributed by atoms with E-state index in [0.717, 1.165) is 12.2 Å². The summed E-state index contributed by atoms with van der Waals surface area (Å²) >= 11 is 1.32. The second-order valence-electron chi connectivity index (χ2n) is 4.57. The third-order valence-corrected chi connectivity index (χ3v) is 3.90. The van der Waals surface area contributed by atoms with Crippen LogP contribution in [0.4, 0.5) is 17.3 Å². The zero-order chi connectivity index (χ0) is 16.6. The molecule has 0 aromatic heterocycles. The summed E-state index contributed by atoms with van der Waals surface area (Å²) in [5.74, 6) is 1.46. The summed E-state index contributed by atoms with van der Waals surface area (Å²) in [6.45, 7) is 2.16. The van der Waals surface area contributed by atoms with E-state index in [9.17, 15) is 22.4 Å². The fourth-order valence-electron chi connectivity index (χ4n) is 1.75. The lowest BCUT2D eigenvalue weighted by molar-refractivity contribution is 0.368. The molecule has 0 saturated carbocycles. The molecule has 1 N–H and O–H groups in total. The predicted molar refractivity (Wildman–Crippen MR) is 85.1 cm³/mol. The minimum Gasteiger partial charge on any atom is -0.508 e. The van der Waals surface area contributed by atoms with Crippen LogP contribution in [0.3, 0.4) is 0 Å². The Morgan fingerprint density at radius 1 is 0.955 bits per heavy atom. The lowest BCUT2D eigenvalue weighted by atomic mass is 10.1. The lowest BCUT2D eigenvalue weighted by Gasteiger charge is -2.01. The summed E-state index contributed by atoms with van der Waals surface area (Å²) in [7, 11) is -6.00. The van der Waals surface area contributed by atoms with E-state index in [1.54, 1.807) is 12.1 Å². The third-order valence-electron chi connectivity index (χ3n) is 2.79. The quantitative estimate of drug-likeness (QED) is 0.380. The molecule has 0 unspecified atom stereocenters. The molecule has 0 radical (unpaired) electrons. The Bertz CT molecular complexity index is 567. The first-order chi connectivity index (χ1) is 10.3. The molecule has 2 aromatic rings. The largest absolute Gasteiger partial charge is 0.673 e. The van der Waals surface area contributed by atoms with E-state index >= 15 is 0 Å². The van der Waals surface area contributed by atoms with Crippen molar-refractivity contribution in [1.29, 1.82) is 0 Å². The first-order valence-corrected chi connectivity index (χ1v) is 7.72. The molecule has 0 bridgehead atoms. The molecule has 0 aliphatic rings. The number of benzene rings is 2. The van der Waals surface area contributed by atoms with Crippen LogP contribution in [0.5, 0.6) is 5.75 Å². The van der Waals surface area contributed by atoms with Crippen molar-refractivity contribution < 1.29 is 22.4 Å². The zero-order valence-electron chi connectivity index (χ0n) is 12.0. The predicted octanol–water partition coefficient (Wildman–Crippen LogP) is 4.42. The van der Waals surface area contributed by atoms with Crippen LogP contribution in [0.25, 0.3) is 0 Å². The van der Waals surface area contributed by atoms with Crippen LogP contribution in [0.1, 0.15) is 11.1 Å². The first kappa shape index (κ1) is 18.4. The SMILES string of the molecule is Cc1ccccc1CC[SH+]c1ccc(O)cc1.F[B-](F)(F)F. The van der Waals surface area contributed by atoms with Gasteiger partial charge >= 0.3 is 7.25 Å². The molecular weight excluding hydrogens is 315 g/mol. The summed E-state index contributed by atoms with van der Waals surface area (Å²) in [5.41, 5.74) is 2.80. The summed E-state index contributed by atoms with van der Waals surface area (Å²) in [5, 5.41) is 9.19. The van der Waals surface area contributed by atoms with Gasteiger partial charge in [0.1, 0.15) is 11.5 Å². The second-order valence-corrected chi connectivity index (χ2v) is 5.85. The molecule has 0 fully saturated rings. The Morgan fingerprint density at radius 3 is 2.05 bits per heavy atom. The van der Waals surface area contributed by atoms with Crippen LogP contribution < -0.4 is 0 Å². The van der Waals surface area contributed by atoms with Gasteiger partial charge in [0.05, 0.1) is 0 Å². The lowest BCUT2D eigenvalue weighted by Crippen LogP contribution is -2.02. The van der Waals surface area contributed by atoms with E-state index in [-0.39, 0.29) is 0 Å². The summed E-state index contributed by atoms with van der Waals surface area (Å²) in [6, 6.07) is 16.0. The van der Waals surface area contributed by atoms with E-state index < -0.39 is 7.25 Å². The van der Waals surface area contributed by atoms with Gasteiger partial charge in [-0.05, 0) is 42.3 Å². The molecule has 0 aliphatic heterocycles. The molecule has 0 aliphatic carbocycles. The van der Waals surface area contributed by atoms with Crippen molar-refractivity contribution >= 4 is 19.0 Å². The van der Waals surface area contributed by atoms with Gasteiger partial charge in [-0.25, -0.2) is 0 Å². The highest BCUT2D eigenvalue weighted by Crippen LogP contribution is 2.13. The molecule has 7 heteroatoms. The smallest absolute Gasteiger partial charge is 0.508 e. The van der Waals surface area contributed by atoms with Gasteiger partial charge in [-0.2, -0.15) is 0 Å². The van der Waals surface area contributed by atoms with Crippen molar-refractivity contribution in [2.24, 2.45) is 0 Å². The van der Waals surface area contributed by atoms with Gasteiger partial charge in [0.15, 0.2) is 4.90 Å². The van der Waals surface area contributed by atoms with Gasteiger partial charge in [-0.1, -0.05) is 24.3 Å². The highest BCUT2D eigenvalue weighted by molar-refractivity contribution is 7.78. The molecule has 1 nitrogen and oxygen atoms in total. The van der Waals surface area contributed by atoms with Crippen molar-refractivity contribution in [3.05, 3.63) is 59.7 Å². The van der Waals surface area contributed by atoms with Gasteiger partial charge in [0, 0.05) is 18.2 Å². The highest BCUT2D eigenvalue weighted by Gasteiger charge is 2.20. The van der Waals surface area contributed by atoms with E-state index in [2.05, 4.69) is 31.2 Å². The van der Waals surface area contributed by atoms with Gasteiger partial charge in [-0.3, -0.25) is 0 Å². The molecule has 2 rings (SSSR count). The van der Waals surface area contributed by atoms with Crippen molar-refractivity contribution in [2.45, 2.75) is 18.2 Å².